The maximum Gasteiger partial charge on any atom is 0.358 e. The maximum atomic E-state index is 10.5. The molecule has 2 aromatic carbocycles. The van der Waals surface area contributed by atoms with Crippen LogP contribution >= 0.6 is 12.2 Å². The lowest BCUT2D eigenvalue weighted by molar-refractivity contribution is -0.266. The summed E-state index contributed by atoms with van der Waals surface area (Å²) < 4.78 is 22.1. The molecule has 5 atom stereocenters. The van der Waals surface area contributed by atoms with Crippen LogP contribution in [0.15, 0.2) is 60.7 Å². The first-order valence-electron chi connectivity index (χ1n) is 8.21. The lowest BCUT2D eigenvalue weighted by Gasteiger charge is -2.40. The molecule has 6 nitrogen and oxygen atoms in total. The van der Waals surface area contributed by atoms with E-state index in [0.29, 0.717) is 11.5 Å². The van der Waals surface area contributed by atoms with Crippen molar-refractivity contribution in [1.29, 1.82) is 0 Å². The summed E-state index contributed by atoms with van der Waals surface area (Å²) in [6.07, 6.45) is -5.06. The van der Waals surface area contributed by atoms with Gasteiger partial charge in [-0.1, -0.05) is 36.4 Å². The van der Waals surface area contributed by atoms with Crippen LogP contribution in [0, 0.1) is 0 Å². The highest BCUT2D eigenvalue weighted by Crippen LogP contribution is 2.26. The Morgan fingerprint density at radius 3 is 2.12 bits per heavy atom. The summed E-state index contributed by atoms with van der Waals surface area (Å²) in [6.45, 7) is 1.66. The van der Waals surface area contributed by atoms with Gasteiger partial charge in [0.15, 0.2) is 12.2 Å². The number of benzene rings is 2. The lowest BCUT2D eigenvalue weighted by atomic mass is 10.00. The molecule has 2 N–H and O–H groups in total. The van der Waals surface area contributed by atoms with E-state index < -0.39 is 30.7 Å². The molecular weight excluding hydrogens is 356 g/mol. The van der Waals surface area contributed by atoms with E-state index in [0.717, 1.165) is 0 Å². The first-order valence-corrected chi connectivity index (χ1v) is 8.62. The number of para-hydroxylation sites is 2. The molecule has 0 aromatic heterocycles. The molecule has 0 bridgehead atoms. The van der Waals surface area contributed by atoms with Gasteiger partial charge in [0.25, 0.3) is 0 Å². The summed E-state index contributed by atoms with van der Waals surface area (Å²) in [6, 6.07) is 17.8. The van der Waals surface area contributed by atoms with E-state index in [9.17, 15) is 10.2 Å². The second kappa shape index (κ2) is 8.46. The molecule has 1 saturated heterocycles. The normalized spacial score (nSPS) is 28.2. The van der Waals surface area contributed by atoms with Crippen LogP contribution in [0.3, 0.4) is 0 Å². The average Bonchev–Trinajstić information content (AvgIpc) is 2.65. The number of aliphatic hydroxyl groups excluding tert-OH is 2. The quantitative estimate of drug-likeness (QED) is 0.793. The van der Waals surface area contributed by atoms with Crippen molar-refractivity contribution in [3.63, 3.8) is 0 Å². The summed E-state index contributed by atoms with van der Waals surface area (Å²) in [5, 5.41) is 20.7. The molecule has 0 amide bonds. The summed E-state index contributed by atoms with van der Waals surface area (Å²) in [4.78, 5) is 0. The van der Waals surface area contributed by atoms with Gasteiger partial charge in [0.05, 0.1) is 6.10 Å². The van der Waals surface area contributed by atoms with Crippen LogP contribution in [0.1, 0.15) is 6.92 Å². The van der Waals surface area contributed by atoms with Gasteiger partial charge < -0.3 is 29.2 Å². The fraction of sp³-hybridized carbons (Fsp3) is 0.316. The van der Waals surface area contributed by atoms with Crippen LogP contribution < -0.4 is 9.47 Å². The second-order valence-corrected chi connectivity index (χ2v) is 6.20. The standard InChI is InChI=1S/C19H20O6S/c1-12-15(20)17(25-19(26)24-14-10-6-3-7-11-14)16(21)18(22-12)23-13-8-4-2-5-9-13/h2-12,15-18,20-21H,1H3/t12-,15-,16+,17+,18+/m0/s1. The third-order valence-corrected chi connectivity index (χ3v) is 4.13. The number of hydrogen-bond donors (Lipinski definition) is 2. The van der Waals surface area contributed by atoms with E-state index in [-0.39, 0.29) is 5.24 Å². The average molecular weight is 376 g/mol. The molecule has 138 valence electrons. The zero-order valence-electron chi connectivity index (χ0n) is 14.1. The largest absolute Gasteiger partial charge is 0.462 e. The maximum absolute atomic E-state index is 10.5. The molecule has 7 heteroatoms. The van der Waals surface area contributed by atoms with E-state index in [1.54, 1.807) is 55.5 Å². The van der Waals surface area contributed by atoms with Gasteiger partial charge in [-0.15, -0.1) is 0 Å². The van der Waals surface area contributed by atoms with Crippen molar-refractivity contribution < 1.29 is 29.2 Å². The van der Waals surface area contributed by atoms with E-state index >= 15 is 0 Å². The van der Waals surface area contributed by atoms with Crippen molar-refractivity contribution in [3.05, 3.63) is 60.7 Å². The van der Waals surface area contributed by atoms with Gasteiger partial charge in [0.2, 0.25) is 6.29 Å². The Kier molecular flexibility index (Phi) is 6.05. The van der Waals surface area contributed by atoms with E-state index in [4.69, 9.17) is 31.2 Å². The van der Waals surface area contributed by atoms with Crippen molar-refractivity contribution in [1.82, 2.24) is 0 Å². The number of ether oxygens (including phenoxy) is 4. The van der Waals surface area contributed by atoms with Crippen molar-refractivity contribution in [2.45, 2.75) is 37.6 Å². The Balaban J connectivity index is 1.67. The van der Waals surface area contributed by atoms with Crippen molar-refractivity contribution in [2.75, 3.05) is 0 Å². The molecule has 26 heavy (non-hydrogen) atoms. The van der Waals surface area contributed by atoms with Crippen LogP contribution in [0.25, 0.3) is 0 Å². The van der Waals surface area contributed by atoms with Gasteiger partial charge >= 0.3 is 5.24 Å². The lowest BCUT2D eigenvalue weighted by Crippen LogP contribution is -2.59. The summed E-state index contributed by atoms with van der Waals surface area (Å²) in [5.74, 6) is 1.03. The molecule has 1 aliphatic rings. The van der Waals surface area contributed by atoms with Gasteiger partial charge in [0, 0.05) is 12.2 Å². The number of rotatable bonds is 4. The molecule has 0 unspecified atom stereocenters. The Labute approximate surface area is 156 Å². The van der Waals surface area contributed by atoms with Crippen molar-refractivity contribution >= 4 is 17.5 Å². The van der Waals surface area contributed by atoms with Crippen LogP contribution in [0.5, 0.6) is 11.5 Å². The number of hydrogen-bond acceptors (Lipinski definition) is 7. The molecule has 1 heterocycles. The minimum absolute atomic E-state index is 0.202. The Morgan fingerprint density at radius 2 is 1.50 bits per heavy atom. The fourth-order valence-electron chi connectivity index (χ4n) is 2.59. The Morgan fingerprint density at radius 1 is 0.923 bits per heavy atom. The zero-order valence-corrected chi connectivity index (χ0v) is 14.9. The van der Waals surface area contributed by atoms with Gasteiger partial charge in [-0.3, -0.25) is 0 Å². The van der Waals surface area contributed by atoms with Crippen LogP contribution in [0.2, 0.25) is 0 Å². The van der Waals surface area contributed by atoms with E-state index in [1.165, 1.54) is 0 Å². The summed E-state index contributed by atoms with van der Waals surface area (Å²) >= 11 is 5.08. The van der Waals surface area contributed by atoms with Gasteiger partial charge in [0.1, 0.15) is 17.6 Å². The molecule has 0 saturated carbocycles. The molecule has 0 spiro atoms. The highest BCUT2D eigenvalue weighted by atomic mass is 32.1. The molecular formula is C19H20O6S. The summed E-state index contributed by atoms with van der Waals surface area (Å²) in [7, 11) is 0. The van der Waals surface area contributed by atoms with Crippen LogP contribution in [0.4, 0.5) is 0 Å². The van der Waals surface area contributed by atoms with Crippen LogP contribution in [-0.4, -0.2) is 46.2 Å². The van der Waals surface area contributed by atoms with Gasteiger partial charge in [-0.2, -0.15) is 0 Å². The second-order valence-electron chi connectivity index (χ2n) is 5.87. The molecule has 2 aromatic rings. The third kappa shape index (κ3) is 4.50. The smallest absolute Gasteiger partial charge is 0.358 e. The van der Waals surface area contributed by atoms with Crippen molar-refractivity contribution in [2.24, 2.45) is 0 Å². The minimum atomic E-state index is -1.27. The molecule has 1 fully saturated rings. The first kappa shape index (κ1) is 18.6. The van der Waals surface area contributed by atoms with E-state index in [2.05, 4.69) is 0 Å². The highest BCUT2D eigenvalue weighted by Gasteiger charge is 2.46. The summed E-state index contributed by atoms with van der Waals surface area (Å²) in [5.41, 5.74) is 0. The predicted octanol–water partition coefficient (Wildman–Crippen LogP) is 2.28. The number of aliphatic hydroxyl groups is 2. The molecule has 1 aliphatic heterocycles. The van der Waals surface area contributed by atoms with Gasteiger partial charge in [-0.05, 0) is 31.2 Å². The molecule has 0 radical (unpaired) electrons. The Bertz CT molecular complexity index is 710. The molecule has 3 rings (SSSR count). The topological polar surface area (TPSA) is 77.4 Å². The Hall–Kier alpha value is -2.19. The monoisotopic (exact) mass is 376 g/mol. The first-order chi connectivity index (χ1) is 12.5. The SMILES string of the molecule is C[C@@H]1O[C@H](Oc2ccccc2)[C@H](O)[C@H](OC(=S)Oc2ccccc2)[C@H]1O. The fourth-order valence-corrected chi connectivity index (χ4v) is 2.79. The predicted molar refractivity (Wildman–Crippen MR) is 98.0 cm³/mol. The van der Waals surface area contributed by atoms with Crippen LogP contribution in [-0.2, 0) is 9.47 Å². The highest BCUT2D eigenvalue weighted by molar-refractivity contribution is 7.79. The third-order valence-electron chi connectivity index (χ3n) is 3.95. The van der Waals surface area contributed by atoms with Crippen molar-refractivity contribution in [3.8, 4) is 11.5 Å². The minimum Gasteiger partial charge on any atom is -0.462 e. The number of thiocarbonyl (C=S) groups is 1. The van der Waals surface area contributed by atoms with Gasteiger partial charge in [-0.25, -0.2) is 0 Å². The zero-order chi connectivity index (χ0) is 18.5. The molecule has 0 aliphatic carbocycles. The van der Waals surface area contributed by atoms with E-state index in [1.807, 2.05) is 12.1 Å².